The Labute approximate surface area is 336 Å². The first kappa shape index (κ1) is 38.6. The number of morpholine rings is 2. The van der Waals surface area contributed by atoms with Gasteiger partial charge in [0.15, 0.2) is 0 Å². The van der Waals surface area contributed by atoms with Crippen molar-refractivity contribution in [2.45, 2.75) is 0 Å². The van der Waals surface area contributed by atoms with E-state index in [1.54, 1.807) is 23.4 Å². The Kier molecular flexibility index (Phi) is 12.7. The van der Waals surface area contributed by atoms with Gasteiger partial charge in [0.05, 0.1) is 43.5 Å². The lowest BCUT2D eigenvalue weighted by Crippen LogP contribution is -2.36. The third kappa shape index (κ3) is 10.1. The highest BCUT2D eigenvalue weighted by Gasteiger charge is 2.13. The number of nitrogens with two attached hydrogens (primary N) is 1. The van der Waals surface area contributed by atoms with E-state index < -0.39 is 0 Å². The van der Waals surface area contributed by atoms with Crippen LogP contribution in [-0.4, -0.2) is 92.7 Å². The molecule has 4 aromatic carbocycles. The number of aromatic nitrogens is 8. The number of benzene rings is 4. The minimum atomic E-state index is 0. The molecule has 0 amide bonds. The van der Waals surface area contributed by atoms with Crippen molar-refractivity contribution < 1.29 is 9.47 Å². The zero-order valence-electron chi connectivity index (χ0n) is 31.1. The number of hydrogen-bond acceptors (Lipinski definition) is 14. The fourth-order valence-electron chi connectivity index (χ4n) is 6.29. The molecule has 57 heavy (non-hydrogen) atoms. The molecule has 2 fully saturated rings. The molecule has 0 saturated carbocycles. The standard InChI is InChI=1S/C21H20N8O.C20H21N5O.ClH/c1-5-19(29-15-23-26-27-29)6-2-16(1)20-9-10-22-21(25-20)24-17-3-7-18(8-4-17)28-11-13-30-14-12-28;21-16-3-1-15(2-4-16)19-9-10-22-20(24-19)23-17-5-7-18(8-6-17)25-11-13-26-14-12-25;/h1-10,15H,11-14H2,(H,22,24,25);1-10H,11-14,21H2,(H,22,23,24);1H. The third-order valence-corrected chi connectivity index (χ3v) is 9.29. The summed E-state index contributed by atoms with van der Waals surface area (Å²) in [6.07, 6.45) is 5.07. The first-order chi connectivity index (χ1) is 27.6. The summed E-state index contributed by atoms with van der Waals surface area (Å²) in [5.74, 6) is 1.12. The van der Waals surface area contributed by atoms with Crippen LogP contribution in [0.3, 0.4) is 0 Å². The van der Waals surface area contributed by atoms with Gasteiger partial charge < -0.3 is 35.6 Å². The largest absolute Gasteiger partial charge is 0.399 e. The molecule has 2 aliphatic heterocycles. The Hall–Kier alpha value is -6.68. The topological polar surface area (TPSA) is 170 Å². The maximum absolute atomic E-state index is 5.75. The van der Waals surface area contributed by atoms with Gasteiger partial charge in [-0.3, -0.25) is 0 Å². The Morgan fingerprint density at radius 1 is 0.526 bits per heavy atom. The molecule has 15 nitrogen and oxygen atoms in total. The Morgan fingerprint density at radius 3 is 1.40 bits per heavy atom. The number of nitrogens with zero attached hydrogens (tertiary/aromatic N) is 10. The Bertz CT molecular complexity index is 2280. The van der Waals surface area contributed by atoms with Crippen molar-refractivity contribution in [3.63, 3.8) is 0 Å². The molecule has 2 saturated heterocycles. The first-order valence-electron chi connectivity index (χ1n) is 18.4. The van der Waals surface area contributed by atoms with Crippen LogP contribution in [0.1, 0.15) is 0 Å². The molecule has 0 unspecified atom stereocenters. The fraction of sp³-hybridized carbons (Fsp3) is 0.195. The summed E-state index contributed by atoms with van der Waals surface area (Å²) < 4.78 is 12.4. The van der Waals surface area contributed by atoms with E-state index in [0.29, 0.717) is 11.9 Å². The summed E-state index contributed by atoms with van der Waals surface area (Å²) in [5, 5.41) is 17.8. The molecule has 0 bridgehead atoms. The molecular weight excluding hydrogens is 742 g/mol. The van der Waals surface area contributed by atoms with Crippen LogP contribution in [0, 0.1) is 0 Å². The van der Waals surface area contributed by atoms with Crippen molar-refractivity contribution in [2.24, 2.45) is 0 Å². The molecule has 0 spiro atoms. The predicted octanol–water partition coefficient (Wildman–Crippen LogP) is 6.43. The fourth-order valence-corrected chi connectivity index (χ4v) is 6.29. The summed E-state index contributed by atoms with van der Waals surface area (Å²) >= 11 is 0. The number of anilines is 7. The molecule has 0 radical (unpaired) electrons. The molecular formula is C41H42ClN13O2. The smallest absolute Gasteiger partial charge is 0.227 e. The number of nitrogens with one attached hydrogen (secondary N) is 2. The molecule has 3 aromatic heterocycles. The second kappa shape index (κ2) is 18.8. The number of rotatable bonds is 9. The molecule has 290 valence electrons. The van der Waals surface area contributed by atoms with Crippen LogP contribution in [0.5, 0.6) is 0 Å². The third-order valence-electron chi connectivity index (χ3n) is 9.29. The van der Waals surface area contributed by atoms with Gasteiger partial charge in [-0.1, -0.05) is 24.3 Å². The van der Waals surface area contributed by atoms with E-state index in [1.807, 2.05) is 84.9 Å². The average molecular weight is 784 g/mol. The van der Waals surface area contributed by atoms with E-state index in [0.717, 1.165) is 97.9 Å². The van der Waals surface area contributed by atoms with Crippen LogP contribution < -0.4 is 26.2 Å². The summed E-state index contributed by atoms with van der Waals surface area (Å²) in [5.41, 5.74) is 15.3. The van der Waals surface area contributed by atoms with Gasteiger partial charge in [-0.05, 0) is 95.4 Å². The van der Waals surface area contributed by atoms with E-state index in [1.165, 1.54) is 11.4 Å². The quantitative estimate of drug-likeness (QED) is 0.137. The predicted molar refractivity (Wildman–Crippen MR) is 225 cm³/mol. The van der Waals surface area contributed by atoms with Gasteiger partial charge in [-0.25, -0.2) is 24.6 Å². The maximum atomic E-state index is 5.75. The normalized spacial score (nSPS) is 13.8. The molecule has 16 heteroatoms. The lowest BCUT2D eigenvalue weighted by atomic mass is 10.1. The molecule has 0 atom stereocenters. The average Bonchev–Trinajstić information content (AvgIpc) is 3.81. The lowest BCUT2D eigenvalue weighted by molar-refractivity contribution is 0.122. The first-order valence-corrected chi connectivity index (χ1v) is 18.4. The molecule has 0 aliphatic carbocycles. The van der Waals surface area contributed by atoms with Gasteiger partial charge in [0.1, 0.15) is 6.33 Å². The summed E-state index contributed by atoms with van der Waals surface area (Å²) in [6.45, 7) is 6.82. The number of hydrogen-bond donors (Lipinski definition) is 3. The molecule has 9 rings (SSSR count). The highest BCUT2D eigenvalue weighted by Crippen LogP contribution is 2.25. The minimum absolute atomic E-state index is 0. The second-order valence-corrected chi connectivity index (χ2v) is 13.0. The molecule has 5 heterocycles. The van der Waals surface area contributed by atoms with Crippen molar-refractivity contribution >= 4 is 52.7 Å². The van der Waals surface area contributed by atoms with Crippen molar-refractivity contribution in [2.75, 3.05) is 78.8 Å². The van der Waals surface area contributed by atoms with Crippen LogP contribution >= 0.6 is 12.4 Å². The highest BCUT2D eigenvalue weighted by molar-refractivity contribution is 5.85. The van der Waals surface area contributed by atoms with Gasteiger partial charge in [0.25, 0.3) is 0 Å². The minimum Gasteiger partial charge on any atom is -0.399 e. The van der Waals surface area contributed by atoms with Gasteiger partial charge in [-0.2, -0.15) is 0 Å². The lowest BCUT2D eigenvalue weighted by Gasteiger charge is -2.28. The SMILES string of the molecule is Cl.Nc1ccc(-c2ccnc(Nc3ccc(N4CCOCC4)cc3)n2)cc1.c1cc(-c2ccc(-n3cnnn3)cc2)nc(Nc2ccc(N3CCOCC3)cc2)n1. The maximum Gasteiger partial charge on any atom is 0.227 e. The molecule has 4 N–H and O–H groups in total. The summed E-state index contributed by atoms with van der Waals surface area (Å²) in [7, 11) is 0. The van der Waals surface area contributed by atoms with E-state index in [9.17, 15) is 0 Å². The van der Waals surface area contributed by atoms with Crippen molar-refractivity contribution in [1.29, 1.82) is 0 Å². The number of nitrogen functional groups attached to an aromatic ring is 1. The Balaban J connectivity index is 0.000000173. The van der Waals surface area contributed by atoms with Crippen molar-refractivity contribution in [3.8, 4) is 28.2 Å². The van der Waals surface area contributed by atoms with Crippen LogP contribution in [-0.2, 0) is 9.47 Å². The summed E-state index contributed by atoms with van der Waals surface area (Å²) in [6, 6.07) is 35.9. The van der Waals surface area contributed by atoms with E-state index in [-0.39, 0.29) is 12.4 Å². The van der Waals surface area contributed by atoms with Crippen LogP contribution in [0.25, 0.3) is 28.2 Å². The van der Waals surface area contributed by atoms with Crippen LogP contribution in [0.4, 0.5) is 40.3 Å². The monoisotopic (exact) mass is 783 g/mol. The molecule has 7 aromatic rings. The number of ether oxygens (including phenoxy) is 2. The van der Waals surface area contributed by atoms with E-state index >= 15 is 0 Å². The van der Waals surface area contributed by atoms with Gasteiger partial charge in [-0.15, -0.1) is 17.5 Å². The Morgan fingerprint density at radius 2 is 0.965 bits per heavy atom. The highest BCUT2D eigenvalue weighted by atomic mass is 35.5. The van der Waals surface area contributed by atoms with Crippen molar-refractivity contribution in [1.82, 2.24) is 40.1 Å². The van der Waals surface area contributed by atoms with Crippen LogP contribution in [0.2, 0.25) is 0 Å². The summed E-state index contributed by atoms with van der Waals surface area (Å²) in [4.78, 5) is 22.6. The van der Waals surface area contributed by atoms with Crippen molar-refractivity contribution in [3.05, 3.63) is 128 Å². The zero-order chi connectivity index (χ0) is 37.9. The number of tetrazole rings is 1. The zero-order valence-corrected chi connectivity index (χ0v) is 31.9. The van der Waals surface area contributed by atoms with E-state index in [2.05, 4.69) is 80.2 Å². The molecule has 2 aliphatic rings. The van der Waals surface area contributed by atoms with Gasteiger partial charge in [0.2, 0.25) is 11.9 Å². The van der Waals surface area contributed by atoms with Gasteiger partial charge >= 0.3 is 0 Å². The second-order valence-electron chi connectivity index (χ2n) is 13.0. The van der Waals surface area contributed by atoms with E-state index in [4.69, 9.17) is 15.2 Å². The number of halogens is 1. The van der Waals surface area contributed by atoms with Crippen LogP contribution in [0.15, 0.2) is 128 Å². The van der Waals surface area contributed by atoms with Gasteiger partial charge in [0, 0.05) is 78.1 Å².